The summed E-state index contributed by atoms with van der Waals surface area (Å²) in [4.78, 5) is 0. The molecule has 0 heterocycles. The molecule has 1 N–H and O–H groups in total. The van der Waals surface area contributed by atoms with E-state index in [1.165, 1.54) is 44.2 Å². The van der Waals surface area contributed by atoms with Crippen molar-refractivity contribution < 1.29 is 0 Å². The molecule has 1 aromatic rings. The van der Waals surface area contributed by atoms with Crippen LogP contribution < -0.4 is 5.32 Å². The molecule has 0 bridgehead atoms. The predicted molar refractivity (Wildman–Crippen MR) is 64.7 cm³/mol. The highest BCUT2D eigenvalue weighted by molar-refractivity contribution is 5.65. The van der Waals surface area contributed by atoms with Crippen LogP contribution in [0.4, 0.5) is 5.69 Å². The molecule has 15 heavy (non-hydrogen) atoms. The highest BCUT2D eigenvalue weighted by Gasteiger charge is 2.23. The molecule has 0 spiro atoms. The average molecular weight is 201 g/mol. The first-order valence-electron chi connectivity index (χ1n) is 6.30. The molecule has 2 aliphatic rings. The number of hydrogen-bond donors (Lipinski definition) is 1. The van der Waals surface area contributed by atoms with Gasteiger partial charge in [-0.25, -0.2) is 0 Å². The van der Waals surface area contributed by atoms with E-state index in [2.05, 4.69) is 18.3 Å². The fraction of sp³-hybridized carbons (Fsp3) is 0.571. The van der Waals surface area contributed by atoms with E-state index in [0.29, 0.717) is 0 Å². The Bertz CT molecular complexity index is 361. The molecule has 0 unspecified atom stereocenters. The zero-order valence-corrected chi connectivity index (χ0v) is 9.53. The Hall–Kier alpha value is -0.980. The fourth-order valence-corrected chi connectivity index (χ4v) is 3.21. The first-order valence-corrected chi connectivity index (χ1v) is 6.30. The highest BCUT2D eigenvalue weighted by atomic mass is 14.9. The van der Waals surface area contributed by atoms with E-state index in [9.17, 15) is 0 Å². The Kier molecular flexibility index (Phi) is 2.19. The quantitative estimate of drug-likeness (QED) is 0.775. The Balaban J connectivity index is 2.16. The van der Waals surface area contributed by atoms with Crippen LogP contribution in [0, 0.1) is 0 Å². The monoisotopic (exact) mass is 201 g/mol. The zero-order valence-electron chi connectivity index (χ0n) is 9.53. The van der Waals surface area contributed by atoms with Crippen molar-refractivity contribution in [2.75, 3.05) is 11.9 Å². The van der Waals surface area contributed by atoms with E-state index in [-0.39, 0.29) is 0 Å². The van der Waals surface area contributed by atoms with Gasteiger partial charge in [0.2, 0.25) is 0 Å². The Morgan fingerprint density at radius 3 is 2.13 bits per heavy atom. The number of aryl methyl sites for hydroxylation is 2. The predicted octanol–water partition coefficient (Wildman–Crippen LogP) is 3.10. The van der Waals surface area contributed by atoms with Crippen LogP contribution in [-0.2, 0) is 25.7 Å². The minimum absolute atomic E-state index is 1.06. The summed E-state index contributed by atoms with van der Waals surface area (Å²) in [6, 6.07) is 2.49. The molecule has 1 heteroatoms. The van der Waals surface area contributed by atoms with Crippen molar-refractivity contribution in [2.45, 2.75) is 45.4 Å². The van der Waals surface area contributed by atoms with Crippen molar-refractivity contribution >= 4 is 5.69 Å². The highest BCUT2D eigenvalue weighted by Crippen LogP contribution is 2.38. The van der Waals surface area contributed by atoms with Crippen molar-refractivity contribution in [1.82, 2.24) is 0 Å². The maximum Gasteiger partial charge on any atom is 0.0410 e. The molecule has 0 aromatic heterocycles. The van der Waals surface area contributed by atoms with E-state index in [1.54, 1.807) is 22.3 Å². The van der Waals surface area contributed by atoms with Crippen molar-refractivity contribution in [3.63, 3.8) is 0 Å². The van der Waals surface area contributed by atoms with Crippen LogP contribution >= 0.6 is 0 Å². The van der Waals surface area contributed by atoms with Gasteiger partial charge in [-0.15, -0.1) is 0 Å². The lowest BCUT2D eigenvalue weighted by Gasteiger charge is -2.15. The van der Waals surface area contributed by atoms with Crippen LogP contribution in [0.1, 0.15) is 42.0 Å². The van der Waals surface area contributed by atoms with Gasteiger partial charge in [0.1, 0.15) is 0 Å². The third-order valence-electron chi connectivity index (χ3n) is 3.83. The second kappa shape index (κ2) is 3.55. The van der Waals surface area contributed by atoms with Gasteiger partial charge >= 0.3 is 0 Å². The molecular formula is C14H19N. The van der Waals surface area contributed by atoms with Gasteiger partial charge in [-0.2, -0.15) is 0 Å². The normalized spacial score (nSPS) is 17.7. The minimum atomic E-state index is 1.06. The lowest BCUT2D eigenvalue weighted by Crippen LogP contribution is -2.05. The Morgan fingerprint density at radius 2 is 1.60 bits per heavy atom. The van der Waals surface area contributed by atoms with Crippen LogP contribution in [0.25, 0.3) is 0 Å². The lowest BCUT2D eigenvalue weighted by molar-refractivity contribution is 0.897. The molecule has 2 aliphatic carbocycles. The number of rotatable bonds is 2. The van der Waals surface area contributed by atoms with Crippen LogP contribution in [0.3, 0.4) is 0 Å². The number of anilines is 1. The third kappa shape index (κ3) is 1.37. The molecular weight excluding hydrogens is 182 g/mol. The Labute approximate surface area is 91.9 Å². The Morgan fingerprint density at radius 1 is 1.00 bits per heavy atom. The molecule has 0 saturated carbocycles. The zero-order chi connectivity index (χ0) is 10.3. The van der Waals surface area contributed by atoms with E-state index >= 15 is 0 Å². The molecule has 3 rings (SSSR count). The summed E-state index contributed by atoms with van der Waals surface area (Å²) < 4.78 is 0. The number of fused-ring (bicyclic) bond motifs is 2. The maximum absolute atomic E-state index is 3.61. The topological polar surface area (TPSA) is 12.0 Å². The molecule has 0 atom stereocenters. The first-order chi connectivity index (χ1) is 7.40. The summed E-state index contributed by atoms with van der Waals surface area (Å²) in [6.07, 6.45) is 7.92. The van der Waals surface area contributed by atoms with Gasteiger partial charge in [-0.05, 0) is 67.7 Å². The lowest BCUT2D eigenvalue weighted by atomic mass is 9.99. The van der Waals surface area contributed by atoms with Crippen molar-refractivity contribution in [3.05, 3.63) is 28.3 Å². The maximum atomic E-state index is 3.61. The number of nitrogens with one attached hydrogen (secondary N) is 1. The molecule has 0 aliphatic heterocycles. The molecule has 0 radical (unpaired) electrons. The van der Waals surface area contributed by atoms with Crippen LogP contribution in [0.5, 0.6) is 0 Å². The van der Waals surface area contributed by atoms with E-state index in [4.69, 9.17) is 0 Å². The number of benzene rings is 1. The first kappa shape index (κ1) is 9.26. The number of hydrogen-bond acceptors (Lipinski definition) is 1. The van der Waals surface area contributed by atoms with Crippen LogP contribution in [-0.4, -0.2) is 6.54 Å². The molecule has 80 valence electrons. The standard InChI is InChI=1S/C14H19N/c1-2-15-14-12-7-3-5-10(12)9-11-6-4-8-13(11)14/h9,15H,2-8H2,1H3. The van der Waals surface area contributed by atoms with Crippen LogP contribution in [0.2, 0.25) is 0 Å². The summed E-state index contributed by atoms with van der Waals surface area (Å²) in [5.74, 6) is 0. The SMILES string of the molecule is CCNc1c2c(cc3c1CCC3)CCC2. The van der Waals surface area contributed by atoms with Gasteiger partial charge in [0, 0.05) is 12.2 Å². The van der Waals surface area contributed by atoms with Gasteiger partial charge < -0.3 is 5.32 Å². The molecule has 1 aromatic carbocycles. The summed E-state index contributed by atoms with van der Waals surface area (Å²) in [5.41, 5.74) is 8.05. The second-order valence-electron chi connectivity index (χ2n) is 4.76. The van der Waals surface area contributed by atoms with Gasteiger partial charge in [-0.3, -0.25) is 0 Å². The minimum Gasteiger partial charge on any atom is -0.385 e. The van der Waals surface area contributed by atoms with E-state index < -0.39 is 0 Å². The molecule has 0 saturated heterocycles. The van der Waals surface area contributed by atoms with Gasteiger partial charge in [0.25, 0.3) is 0 Å². The molecule has 1 nitrogen and oxygen atoms in total. The van der Waals surface area contributed by atoms with Crippen LogP contribution in [0.15, 0.2) is 6.07 Å². The molecule has 0 amide bonds. The third-order valence-corrected chi connectivity index (χ3v) is 3.83. The average Bonchev–Trinajstić information content (AvgIpc) is 2.84. The smallest absolute Gasteiger partial charge is 0.0410 e. The van der Waals surface area contributed by atoms with Crippen molar-refractivity contribution in [1.29, 1.82) is 0 Å². The van der Waals surface area contributed by atoms with Crippen molar-refractivity contribution in [2.24, 2.45) is 0 Å². The summed E-state index contributed by atoms with van der Waals surface area (Å²) in [6.45, 7) is 3.26. The van der Waals surface area contributed by atoms with E-state index in [1.807, 2.05) is 0 Å². The summed E-state index contributed by atoms with van der Waals surface area (Å²) in [5, 5.41) is 3.61. The summed E-state index contributed by atoms with van der Waals surface area (Å²) >= 11 is 0. The van der Waals surface area contributed by atoms with Gasteiger partial charge in [0.15, 0.2) is 0 Å². The van der Waals surface area contributed by atoms with Gasteiger partial charge in [0.05, 0.1) is 0 Å². The largest absolute Gasteiger partial charge is 0.385 e. The van der Waals surface area contributed by atoms with E-state index in [0.717, 1.165) is 6.54 Å². The molecule has 0 fully saturated rings. The fourth-order valence-electron chi connectivity index (χ4n) is 3.21. The van der Waals surface area contributed by atoms with Gasteiger partial charge in [-0.1, -0.05) is 6.07 Å². The summed E-state index contributed by atoms with van der Waals surface area (Å²) in [7, 11) is 0. The second-order valence-corrected chi connectivity index (χ2v) is 4.76. The van der Waals surface area contributed by atoms with Crippen molar-refractivity contribution in [3.8, 4) is 0 Å².